The fourth-order valence-corrected chi connectivity index (χ4v) is 4.02. The Morgan fingerprint density at radius 3 is 2.38 bits per heavy atom. The summed E-state index contributed by atoms with van der Waals surface area (Å²) in [7, 11) is 3.51. The second-order valence-electron chi connectivity index (χ2n) is 8.68. The van der Waals surface area contributed by atoms with Gasteiger partial charge >= 0.3 is 0 Å². The zero-order valence-corrected chi connectivity index (χ0v) is 17.7. The van der Waals surface area contributed by atoms with Gasteiger partial charge in [-0.1, -0.05) is 48.5 Å². The number of anilines is 1. The summed E-state index contributed by atoms with van der Waals surface area (Å²) in [5.74, 6) is -0.143. The molecule has 0 aliphatic carbocycles. The van der Waals surface area contributed by atoms with Gasteiger partial charge in [0.25, 0.3) is 0 Å². The molecular formula is C24H30N2O3. The molecule has 2 amide bonds. The van der Waals surface area contributed by atoms with Crippen LogP contribution in [-0.2, 0) is 21.4 Å². The van der Waals surface area contributed by atoms with Gasteiger partial charge in [-0.25, -0.2) is 0 Å². The maximum Gasteiger partial charge on any atom is 0.238 e. The molecule has 0 fully saturated rings. The van der Waals surface area contributed by atoms with Gasteiger partial charge in [0.1, 0.15) is 0 Å². The predicted octanol–water partition coefficient (Wildman–Crippen LogP) is 3.15. The first-order valence-electron chi connectivity index (χ1n) is 10.0. The van der Waals surface area contributed by atoms with Crippen molar-refractivity contribution in [3.8, 4) is 0 Å². The molecule has 2 aromatic rings. The number of rotatable bonds is 7. The highest BCUT2D eigenvalue weighted by Crippen LogP contribution is 2.45. The number of benzene rings is 2. The van der Waals surface area contributed by atoms with E-state index >= 15 is 0 Å². The average Bonchev–Trinajstić information content (AvgIpc) is 2.89. The molecule has 0 bridgehead atoms. The van der Waals surface area contributed by atoms with E-state index in [9.17, 15) is 14.7 Å². The Hall–Kier alpha value is -2.66. The van der Waals surface area contributed by atoms with Gasteiger partial charge in [-0.15, -0.1) is 0 Å². The van der Waals surface area contributed by atoms with Crippen LogP contribution in [0.4, 0.5) is 5.69 Å². The number of likely N-dealkylation sites (N-methyl/N-ethyl adjacent to an activating group) is 1. The van der Waals surface area contributed by atoms with E-state index in [2.05, 4.69) is 0 Å². The second kappa shape index (κ2) is 7.99. The van der Waals surface area contributed by atoms with E-state index in [1.54, 1.807) is 37.7 Å². The summed E-state index contributed by atoms with van der Waals surface area (Å²) in [5, 5.41) is 9.99. The van der Waals surface area contributed by atoms with Crippen molar-refractivity contribution in [2.45, 2.75) is 44.1 Å². The van der Waals surface area contributed by atoms with Gasteiger partial charge in [0.2, 0.25) is 11.8 Å². The smallest absolute Gasteiger partial charge is 0.238 e. The maximum atomic E-state index is 13.5. The molecule has 3 rings (SSSR count). The minimum atomic E-state index is -0.924. The van der Waals surface area contributed by atoms with E-state index in [4.69, 9.17) is 0 Å². The van der Waals surface area contributed by atoms with Gasteiger partial charge in [-0.05, 0) is 43.9 Å². The molecule has 1 atom stereocenters. The number of hydrogen-bond acceptors (Lipinski definition) is 3. The van der Waals surface area contributed by atoms with Crippen LogP contribution < -0.4 is 4.90 Å². The summed E-state index contributed by atoms with van der Waals surface area (Å²) in [6.45, 7) is 3.90. The Morgan fingerprint density at radius 2 is 1.72 bits per heavy atom. The summed E-state index contributed by atoms with van der Waals surface area (Å²) in [6, 6.07) is 17.6. The number of nitrogens with zero attached hydrogens (tertiary/aromatic N) is 2. The molecule has 1 N–H and O–H groups in total. The summed E-state index contributed by atoms with van der Waals surface area (Å²) >= 11 is 0. The number of fused-ring (bicyclic) bond motifs is 1. The lowest BCUT2D eigenvalue weighted by Gasteiger charge is -2.31. The van der Waals surface area contributed by atoms with Crippen molar-refractivity contribution < 1.29 is 14.7 Å². The molecule has 5 nitrogen and oxygen atoms in total. The highest BCUT2D eigenvalue weighted by Gasteiger charge is 2.51. The van der Waals surface area contributed by atoms with E-state index in [0.717, 1.165) is 16.8 Å². The Morgan fingerprint density at radius 1 is 1.10 bits per heavy atom. The summed E-state index contributed by atoms with van der Waals surface area (Å²) in [5.41, 5.74) is 1.03. The molecule has 0 spiro atoms. The van der Waals surface area contributed by atoms with E-state index in [1.807, 2.05) is 54.6 Å². The molecular weight excluding hydrogens is 364 g/mol. The van der Waals surface area contributed by atoms with E-state index in [1.165, 1.54) is 0 Å². The quantitative estimate of drug-likeness (QED) is 0.785. The number of amides is 2. The molecule has 1 heterocycles. The molecule has 0 saturated carbocycles. The SMILES string of the molecule is CN(CCC(C)(C)O)C(=O)C[C@]1(Cc2ccccc2)C(=O)N(C)c2ccccc21. The topological polar surface area (TPSA) is 60.9 Å². The molecule has 0 radical (unpaired) electrons. The fourth-order valence-electron chi connectivity index (χ4n) is 4.02. The van der Waals surface area contributed by atoms with E-state index in [-0.39, 0.29) is 18.2 Å². The predicted molar refractivity (Wildman–Crippen MR) is 115 cm³/mol. The molecule has 1 aliphatic heterocycles. The van der Waals surface area contributed by atoms with Crippen molar-refractivity contribution in [2.24, 2.45) is 0 Å². The normalized spacial score (nSPS) is 18.7. The summed E-state index contributed by atoms with van der Waals surface area (Å²) in [6.07, 6.45) is 1.05. The van der Waals surface area contributed by atoms with Crippen LogP contribution in [0, 0.1) is 0 Å². The van der Waals surface area contributed by atoms with Gasteiger partial charge in [-0.2, -0.15) is 0 Å². The Balaban J connectivity index is 1.95. The minimum Gasteiger partial charge on any atom is -0.390 e. The molecule has 2 aromatic carbocycles. The Bertz CT molecular complexity index is 888. The van der Waals surface area contributed by atoms with Crippen LogP contribution in [0.25, 0.3) is 0 Å². The van der Waals surface area contributed by atoms with Gasteiger partial charge < -0.3 is 14.9 Å². The monoisotopic (exact) mass is 394 g/mol. The third-order valence-electron chi connectivity index (χ3n) is 5.78. The highest BCUT2D eigenvalue weighted by molar-refractivity contribution is 6.09. The van der Waals surface area contributed by atoms with Crippen LogP contribution in [0.1, 0.15) is 37.8 Å². The number of para-hydroxylation sites is 1. The van der Waals surface area contributed by atoms with Crippen LogP contribution in [0.2, 0.25) is 0 Å². The zero-order chi connectivity index (χ0) is 21.2. The third-order valence-corrected chi connectivity index (χ3v) is 5.78. The van der Waals surface area contributed by atoms with Crippen molar-refractivity contribution in [3.63, 3.8) is 0 Å². The molecule has 154 valence electrons. The van der Waals surface area contributed by atoms with Crippen molar-refractivity contribution in [2.75, 3.05) is 25.5 Å². The number of aliphatic hydroxyl groups is 1. The second-order valence-corrected chi connectivity index (χ2v) is 8.68. The van der Waals surface area contributed by atoms with Crippen molar-refractivity contribution in [1.29, 1.82) is 0 Å². The van der Waals surface area contributed by atoms with E-state index in [0.29, 0.717) is 19.4 Å². The molecule has 5 heteroatoms. The number of carbonyl (C=O) groups excluding carboxylic acids is 2. The molecule has 0 unspecified atom stereocenters. The summed E-state index contributed by atoms with van der Waals surface area (Å²) < 4.78 is 0. The van der Waals surface area contributed by atoms with Crippen molar-refractivity contribution in [3.05, 3.63) is 65.7 Å². The van der Waals surface area contributed by atoms with Gasteiger partial charge in [0.15, 0.2) is 0 Å². The first-order valence-corrected chi connectivity index (χ1v) is 10.0. The van der Waals surface area contributed by atoms with Crippen LogP contribution in [-0.4, -0.2) is 48.1 Å². The lowest BCUT2D eigenvalue weighted by molar-refractivity contribution is -0.135. The number of hydrogen-bond donors (Lipinski definition) is 1. The van der Waals surface area contributed by atoms with Crippen molar-refractivity contribution in [1.82, 2.24) is 4.90 Å². The van der Waals surface area contributed by atoms with Crippen LogP contribution >= 0.6 is 0 Å². The van der Waals surface area contributed by atoms with Gasteiger partial charge in [0, 0.05) is 32.7 Å². The Labute approximate surface area is 172 Å². The fraction of sp³-hybridized carbons (Fsp3) is 0.417. The molecule has 1 aliphatic rings. The largest absolute Gasteiger partial charge is 0.390 e. The van der Waals surface area contributed by atoms with Crippen LogP contribution in [0.5, 0.6) is 0 Å². The first kappa shape index (κ1) is 21.1. The van der Waals surface area contributed by atoms with Gasteiger partial charge in [-0.3, -0.25) is 9.59 Å². The van der Waals surface area contributed by atoms with Crippen LogP contribution in [0.3, 0.4) is 0 Å². The minimum absolute atomic E-state index is 0.0493. The highest BCUT2D eigenvalue weighted by atomic mass is 16.3. The lowest BCUT2D eigenvalue weighted by atomic mass is 9.73. The van der Waals surface area contributed by atoms with Crippen LogP contribution in [0.15, 0.2) is 54.6 Å². The lowest BCUT2D eigenvalue weighted by Crippen LogP contribution is -2.45. The van der Waals surface area contributed by atoms with E-state index < -0.39 is 11.0 Å². The number of carbonyl (C=O) groups is 2. The average molecular weight is 395 g/mol. The van der Waals surface area contributed by atoms with Crippen molar-refractivity contribution >= 4 is 17.5 Å². The van der Waals surface area contributed by atoms with Gasteiger partial charge in [0.05, 0.1) is 11.0 Å². The molecule has 0 aromatic heterocycles. The zero-order valence-electron chi connectivity index (χ0n) is 17.7. The standard InChI is InChI=1S/C24H30N2O3/c1-23(2,29)14-15-25(3)21(27)17-24(16-18-10-6-5-7-11-18)19-12-8-9-13-20(19)26(4)22(24)28/h5-13,29H,14-17H2,1-4H3/t24-/m0/s1. The summed E-state index contributed by atoms with van der Waals surface area (Å²) in [4.78, 5) is 29.9. The first-order chi connectivity index (χ1) is 13.6. The molecule has 29 heavy (non-hydrogen) atoms. The maximum absolute atomic E-state index is 13.5. The Kier molecular flexibility index (Phi) is 5.80. The molecule has 0 saturated heterocycles. The third kappa shape index (κ3) is 4.35.